The molecule has 3 aliphatic rings. The highest BCUT2D eigenvalue weighted by molar-refractivity contribution is 6.01. The number of amides is 1. The fourth-order valence-corrected chi connectivity index (χ4v) is 4.63. The first kappa shape index (κ1) is 17.9. The lowest BCUT2D eigenvalue weighted by molar-refractivity contribution is 0.0199. The molecule has 0 spiro atoms. The molecule has 3 aliphatic heterocycles. The Balaban J connectivity index is 1.72. The van der Waals surface area contributed by atoms with Gasteiger partial charge in [0.1, 0.15) is 6.10 Å². The highest BCUT2D eigenvalue weighted by Gasteiger charge is 2.47. The second-order valence-electron chi connectivity index (χ2n) is 7.12. The van der Waals surface area contributed by atoms with Gasteiger partial charge in [-0.05, 0) is 29.7 Å². The second-order valence-corrected chi connectivity index (χ2v) is 7.12. The molecular weight excluding hydrogens is 378 g/mol. The number of carbonyl (C=O) groups excluding carboxylic acids is 1. The maximum absolute atomic E-state index is 13.5. The third kappa shape index (κ3) is 2.32. The lowest BCUT2D eigenvalue weighted by Crippen LogP contribution is -2.46. The largest absolute Gasteiger partial charge is 0.493 e. The van der Waals surface area contributed by atoms with Gasteiger partial charge in [-0.15, -0.1) is 0 Å². The standard InChI is InChI=1S/C21H21NO7/c1-25-12-5-4-11-15(18(12)26-2)21(24)22-7-6-10-8-13-19(29-9-28-13)20(27-3)14(10)16(22)17(11)23/h4-5,8,16-17,23H,6-7,9H2,1-3H3/t16-,17-/m0/s1. The summed E-state index contributed by atoms with van der Waals surface area (Å²) in [6, 6.07) is 4.73. The van der Waals surface area contributed by atoms with Crippen molar-refractivity contribution in [2.75, 3.05) is 34.7 Å². The number of benzene rings is 2. The topological polar surface area (TPSA) is 86.7 Å². The predicted molar refractivity (Wildman–Crippen MR) is 101 cm³/mol. The van der Waals surface area contributed by atoms with Crippen LogP contribution < -0.4 is 23.7 Å². The first-order valence-electron chi connectivity index (χ1n) is 9.34. The summed E-state index contributed by atoms with van der Waals surface area (Å²) in [5.74, 6) is 2.19. The normalized spacial score (nSPS) is 21.2. The van der Waals surface area contributed by atoms with E-state index in [1.165, 1.54) is 14.2 Å². The first-order chi connectivity index (χ1) is 14.1. The summed E-state index contributed by atoms with van der Waals surface area (Å²) in [4.78, 5) is 15.1. The minimum absolute atomic E-state index is 0.115. The van der Waals surface area contributed by atoms with E-state index in [9.17, 15) is 9.90 Å². The van der Waals surface area contributed by atoms with E-state index in [-0.39, 0.29) is 12.7 Å². The molecule has 0 aromatic heterocycles. The van der Waals surface area contributed by atoms with E-state index in [1.807, 2.05) is 6.07 Å². The van der Waals surface area contributed by atoms with E-state index in [0.717, 1.165) is 11.1 Å². The van der Waals surface area contributed by atoms with Crippen LogP contribution >= 0.6 is 0 Å². The van der Waals surface area contributed by atoms with E-state index >= 15 is 0 Å². The lowest BCUT2D eigenvalue weighted by atomic mass is 9.80. The summed E-state index contributed by atoms with van der Waals surface area (Å²) in [7, 11) is 4.55. The van der Waals surface area contributed by atoms with Gasteiger partial charge in [-0.2, -0.15) is 0 Å². The number of hydrogen-bond acceptors (Lipinski definition) is 7. The summed E-state index contributed by atoms with van der Waals surface area (Å²) in [6.45, 7) is 0.570. The highest BCUT2D eigenvalue weighted by atomic mass is 16.7. The number of methoxy groups -OCH3 is 3. The van der Waals surface area contributed by atoms with Crippen LogP contribution in [0.3, 0.4) is 0 Å². The van der Waals surface area contributed by atoms with Crippen LogP contribution in [0.2, 0.25) is 0 Å². The van der Waals surface area contributed by atoms with Gasteiger partial charge in [0.2, 0.25) is 12.5 Å². The molecule has 29 heavy (non-hydrogen) atoms. The highest BCUT2D eigenvalue weighted by Crippen LogP contribution is 2.55. The van der Waals surface area contributed by atoms with Crippen molar-refractivity contribution in [3.63, 3.8) is 0 Å². The van der Waals surface area contributed by atoms with Gasteiger partial charge in [0.05, 0.1) is 32.9 Å². The minimum atomic E-state index is -0.962. The lowest BCUT2D eigenvalue weighted by Gasteiger charge is -2.44. The van der Waals surface area contributed by atoms with Crippen molar-refractivity contribution in [2.24, 2.45) is 0 Å². The van der Waals surface area contributed by atoms with E-state index < -0.39 is 12.1 Å². The molecule has 0 fully saturated rings. The molecule has 152 valence electrons. The zero-order chi connectivity index (χ0) is 20.3. The summed E-state index contributed by atoms with van der Waals surface area (Å²) in [6.07, 6.45) is -0.352. The number of rotatable bonds is 3. The van der Waals surface area contributed by atoms with Crippen LogP contribution in [0.5, 0.6) is 28.7 Å². The van der Waals surface area contributed by atoms with E-state index in [0.29, 0.717) is 52.8 Å². The number of nitrogens with zero attached hydrogens (tertiary/aromatic N) is 1. The Morgan fingerprint density at radius 2 is 1.90 bits per heavy atom. The Hall–Kier alpha value is -3.13. The molecule has 8 heteroatoms. The maximum atomic E-state index is 13.5. The molecule has 1 N–H and O–H groups in total. The summed E-state index contributed by atoms with van der Waals surface area (Å²) >= 11 is 0. The van der Waals surface area contributed by atoms with Gasteiger partial charge in [0.25, 0.3) is 5.91 Å². The zero-order valence-electron chi connectivity index (χ0n) is 16.4. The Morgan fingerprint density at radius 1 is 1.10 bits per heavy atom. The third-order valence-corrected chi connectivity index (χ3v) is 5.87. The van der Waals surface area contributed by atoms with Gasteiger partial charge < -0.3 is 33.7 Å². The van der Waals surface area contributed by atoms with Crippen LogP contribution in [0.1, 0.15) is 39.2 Å². The SMILES string of the molecule is COc1ccc2c(c1OC)C(=O)N1CCc3cc4c(c(OC)c3[C@H]1[C@H]2O)OCO4. The van der Waals surface area contributed by atoms with Gasteiger partial charge >= 0.3 is 0 Å². The number of hydrogen-bond donors (Lipinski definition) is 1. The van der Waals surface area contributed by atoms with Crippen molar-refractivity contribution in [1.82, 2.24) is 4.90 Å². The molecule has 0 saturated heterocycles. The molecule has 2 aromatic carbocycles. The second kappa shape index (κ2) is 6.45. The van der Waals surface area contributed by atoms with Gasteiger partial charge in [0, 0.05) is 12.1 Å². The Kier molecular flexibility index (Phi) is 3.99. The molecular formula is C21H21NO7. The summed E-state index contributed by atoms with van der Waals surface area (Å²) in [5.41, 5.74) is 2.56. The monoisotopic (exact) mass is 399 g/mol. The molecule has 5 rings (SSSR count). The predicted octanol–water partition coefficient (Wildman–Crippen LogP) is 2.23. The number of aliphatic hydroxyl groups is 1. The molecule has 1 amide bonds. The van der Waals surface area contributed by atoms with Crippen molar-refractivity contribution >= 4 is 5.91 Å². The Bertz CT molecular complexity index is 1020. The van der Waals surface area contributed by atoms with Crippen LogP contribution in [-0.4, -0.2) is 50.6 Å². The smallest absolute Gasteiger partial charge is 0.258 e. The van der Waals surface area contributed by atoms with Crippen LogP contribution in [0.15, 0.2) is 18.2 Å². The third-order valence-electron chi connectivity index (χ3n) is 5.87. The van der Waals surface area contributed by atoms with Crippen LogP contribution in [0.25, 0.3) is 0 Å². The van der Waals surface area contributed by atoms with Crippen molar-refractivity contribution in [3.05, 3.63) is 40.5 Å². The van der Waals surface area contributed by atoms with Crippen LogP contribution in [-0.2, 0) is 6.42 Å². The van der Waals surface area contributed by atoms with Crippen molar-refractivity contribution in [3.8, 4) is 28.7 Å². The minimum Gasteiger partial charge on any atom is -0.493 e. The van der Waals surface area contributed by atoms with Crippen LogP contribution in [0.4, 0.5) is 0 Å². The molecule has 0 unspecified atom stereocenters. The maximum Gasteiger partial charge on any atom is 0.258 e. The van der Waals surface area contributed by atoms with Gasteiger partial charge in [-0.1, -0.05) is 6.07 Å². The van der Waals surface area contributed by atoms with E-state index in [2.05, 4.69) is 0 Å². The molecule has 8 nitrogen and oxygen atoms in total. The van der Waals surface area contributed by atoms with E-state index in [4.69, 9.17) is 23.7 Å². The first-order valence-corrected chi connectivity index (χ1v) is 9.34. The molecule has 0 saturated carbocycles. The van der Waals surface area contributed by atoms with Crippen molar-refractivity contribution in [2.45, 2.75) is 18.6 Å². The average molecular weight is 399 g/mol. The van der Waals surface area contributed by atoms with Gasteiger partial charge in [0.15, 0.2) is 23.0 Å². The molecule has 2 atom stereocenters. The number of carbonyl (C=O) groups is 1. The molecule has 2 aromatic rings. The van der Waals surface area contributed by atoms with Crippen molar-refractivity contribution in [1.29, 1.82) is 0 Å². The fourth-order valence-electron chi connectivity index (χ4n) is 4.63. The zero-order valence-corrected chi connectivity index (χ0v) is 16.4. The number of aliphatic hydroxyl groups excluding tert-OH is 1. The Morgan fingerprint density at radius 3 is 2.62 bits per heavy atom. The van der Waals surface area contributed by atoms with Crippen molar-refractivity contribution < 1.29 is 33.6 Å². The number of ether oxygens (including phenoxy) is 5. The van der Waals surface area contributed by atoms with Gasteiger partial charge in [-0.3, -0.25) is 4.79 Å². The molecule has 0 aliphatic carbocycles. The summed E-state index contributed by atoms with van der Waals surface area (Å²) in [5, 5.41) is 11.4. The fraction of sp³-hybridized carbons (Fsp3) is 0.381. The Labute approximate surface area is 167 Å². The van der Waals surface area contributed by atoms with E-state index in [1.54, 1.807) is 24.1 Å². The van der Waals surface area contributed by atoms with Crippen LogP contribution in [0, 0.1) is 0 Å². The quantitative estimate of drug-likeness (QED) is 0.847. The molecule has 3 heterocycles. The van der Waals surface area contributed by atoms with Gasteiger partial charge in [-0.25, -0.2) is 0 Å². The molecule has 0 radical (unpaired) electrons. The number of fused-ring (bicyclic) bond motifs is 5. The molecule has 0 bridgehead atoms. The average Bonchev–Trinajstić information content (AvgIpc) is 3.22. The summed E-state index contributed by atoms with van der Waals surface area (Å²) < 4.78 is 27.6.